The molecule has 1 aliphatic rings. The third-order valence-corrected chi connectivity index (χ3v) is 5.58. The first-order valence-corrected chi connectivity index (χ1v) is 11.6. The minimum Gasteiger partial charge on any atom is -0.444 e. The summed E-state index contributed by atoms with van der Waals surface area (Å²) in [5.74, 6) is -0.149. The first-order valence-electron chi connectivity index (χ1n) is 11.6. The molecule has 1 atom stereocenters. The molecule has 1 saturated heterocycles. The van der Waals surface area contributed by atoms with Gasteiger partial charge < -0.3 is 25.6 Å². The molecule has 1 unspecified atom stereocenters. The molecule has 1 aliphatic heterocycles. The summed E-state index contributed by atoms with van der Waals surface area (Å²) in [5, 5.41) is 8.64. The zero-order chi connectivity index (χ0) is 24.7. The quantitative estimate of drug-likeness (QED) is 0.567. The lowest BCUT2D eigenvalue weighted by molar-refractivity contribution is -0.127. The summed E-state index contributed by atoms with van der Waals surface area (Å²) in [6, 6.07) is 16.1. The number of anilines is 2. The van der Waals surface area contributed by atoms with Gasteiger partial charge in [-0.2, -0.15) is 0 Å². The van der Waals surface area contributed by atoms with Crippen molar-refractivity contribution in [2.45, 2.75) is 52.2 Å². The Labute approximate surface area is 201 Å². The third-order valence-electron chi connectivity index (χ3n) is 5.58. The Morgan fingerprint density at radius 2 is 1.47 bits per heavy atom. The molecular weight excluding hydrogens is 432 g/mol. The standard InChI is InChI=1S/C26H34N4O4/c1-18(27-23(31)20-14-16-30(17-15-20)25(33)34-26(2,3)4)19-10-12-22(13-11-19)29-24(32)28-21-8-6-5-7-9-21/h5-13,18,20H,14-17H2,1-4H3,(H,27,31)(H2,28,29,32). The van der Waals surface area contributed by atoms with Gasteiger partial charge in [-0.15, -0.1) is 0 Å². The lowest BCUT2D eigenvalue weighted by atomic mass is 9.95. The predicted molar refractivity (Wildman–Crippen MR) is 133 cm³/mol. The zero-order valence-corrected chi connectivity index (χ0v) is 20.3. The molecule has 1 fully saturated rings. The second-order valence-corrected chi connectivity index (χ2v) is 9.54. The van der Waals surface area contributed by atoms with Crippen LogP contribution in [0.5, 0.6) is 0 Å². The van der Waals surface area contributed by atoms with Crippen molar-refractivity contribution < 1.29 is 19.1 Å². The molecule has 4 amide bonds. The monoisotopic (exact) mass is 466 g/mol. The van der Waals surface area contributed by atoms with Crippen LogP contribution in [0.4, 0.5) is 21.0 Å². The number of amides is 4. The number of piperidine rings is 1. The van der Waals surface area contributed by atoms with Crippen molar-refractivity contribution in [1.29, 1.82) is 0 Å². The van der Waals surface area contributed by atoms with E-state index in [0.717, 1.165) is 5.56 Å². The van der Waals surface area contributed by atoms with Gasteiger partial charge in [0.05, 0.1) is 6.04 Å². The summed E-state index contributed by atoms with van der Waals surface area (Å²) in [5.41, 5.74) is 1.78. The highest BCUT2D eigenvalue weighted by atomic mass is 16.6. The van der Waals surface area contributed by atoms with Crippen molar-refractivity contribution in [2.75, 3.05) is 23.7 Å². The van der Waals surface area contributed by atoms with E-state index in [9.17, 15) is 14.4 Å². The topological polar surface area (TPSA) is 99.8 Å². The molecule has 0 radical (unpaired) electrons. The van der Waals surface area contributed by atoms with E-state index in [2.05, 4.69) is 16.0 Å². The zero-order valence-electron chi connectivity index (χ0n) is 20.3. The first kappa shape index (κ1) is 25.1. The molecule has 0 aromatic heterocycles. The lowest BCUT2D eigenvalue weighted by Crippen LogP contribution is -2.45. The molecule has 1 heterocycles. The van der Waals surface area contributed by atoms with Gasteiger partial charge in [0.25, 0.3) is 0 Å². The van der Waals surface area contributed by atoms with E-state index in [1.165, 1.54) is 0 Å². The van der Waals surface area contributed by atoms with E-state index < -0.39 is 5.60 Å². The van der Waals surface area contributed by atoms with Crippen LogP contribution in [0.15, 0.2) is 54.6 Å². The number of urea groups is 1. The molecule has 0 aliphatic carbocycles. The predicted octanol–water partition coefficient (Wildman–Crippen LogP) is 5.15. The average Bonchev–Trinajstić information content (AvgIpc) is 2.79. The van der Waals surface area contributed by atoms with Crippen LogP contribution in [0.1, 0.15) is 52.1 Å². The number of carbonyl (C=O) groups excluding carboxylic acids is 3. The fourth-order valence-electron chi connectivity index (χ4n) is 3.74. The summed E-state index contributed by atoms with van der Waals surface area (Å²) in [6.45, 7) is 8.47. The number of nitrogens with one attached hydrogen (secondary N) is 3. The second-order valence-electron chi connectivity index (χ2n) is 9.54. The smallest absolute Gasteiger partial charge is 0.410 e. The maximum Gasteiger partial charge on any atom is 0.410 e. The number of benzene rings is 2. The van der Waals surface area contributed by atoms with Crippen LogP contribution in [0.2, 0.25) is 0 Å². The van der Waals surface area contributed by atoms with Crippen LogP contribution in [0, 0.1) is 5.92 Å². The largest absolute Gasteiger partial charge is 0.444 e. The molecule has 34 heavy (non-hydrogen) atoms. The van der Waals surface area contributed by atoms with Gasteiger partial charge in [0, 0.05) is 30.4 Å². The molecule has 0 spiro atoms. The van der Waals surface area contributed by atoms with E-state index in [4.69, 9.17) is 4.74 Å². The Hall–Kier alpha value is -3.55. The van der Waals surface area contributed by atoms with Crippen LogP contribution < -0.4 is 16.0 Å². The van der Waals surface area contributed by atoms with E-state index in [-0.39, 0.29) is 30.0 Å². The Balaban J connectivity index is 1.45. The molecule has 0 bridgehead atoms. The summed E-state index contributed by atoms with van der Waals surface area (Å²) in [6.07, 6.45) is 0.889. The van der Waals surface area contributed by atoms with Gasteiger partial charge in [0.1, 0.15) is 5.60 Å². The lowest BCUT2D eigenvalue weighted by Gasteiger charge is -2.33. The van der Waals surface area contributed by atoms with Crippen LogP contribution in [0.3, 0.4) is 0 Å². The maximum atomic E-state index is 12.8. The highest BCUT2D eigenvalue weighted by molar-refractivity contribution is 5.99. The van der Waals surface area contributed by atoms with Crippen molar-refractivity contribution >= 4 is 29.4 Å². The summed E-state index contributed by atoms with van der Waals surface area (Å²) in [4.78, 5) is 38.8. The van der Waals surface area contributed by atoms with Crippen molar-refractivity contribution in [3.63, 3.8) is 0 Å². The van der Waals surface area contributed by atoms with Crippen molar-refractivity contribution in [3.05, 3.63) is 60.2 Å². The number of rotatable bonds is 5. The van der Waals surface area contributed by atoms with Crippen molar-refractivity contribution in [1.82, 2.24) is 10.2 Å². The maximum absolute atomic E-state index is 12.8. The molecule has 2 aromatic carbocycles. The van der Waals surface area contributed by atoms with Crippen molar-refractivity contribution in [2.24, 2.45) is 5.92 Å². The van der Waals surface area contributed by atoms with Crippen LogP contribution in [-0.4, -0.2) is 41.6 Å². The number of para-hydroxylation sites is 1. The normalized spacial score (nSPS) is 15.2. The average molecular weight is 467 g/mol. The minimum atomic E-state index is -0.530. The SMILES string of the molecule is CC(NC(=O)C1CCN(C(=O)OC(C)(C)C)CC1)c1ccc(NC(=O)Nc2ccccc2)cc1. The molecule has 3 rings (SSSR count). The molecule has 3 N–H and O–H groups in total. The molecule has 2 aromatic rings. The number of hydrogen-bond donors (Lipinski definition) is 3. The van der Waals surface area contributed by atoms with E-state index in [1.807, 2.05) is 82.3 Å². The molecular formula is C26H34N4O4. The van der Waals surface area contributed by atoms with Crippen LogP contribution in [-0.2, 0) is 9.53 Å². The minimum absolute atomic E-state index is 0.0132. The Morgan fingerprint density at radius 1 is 0.912 bits per heavy atom. The number of nitrogens with zero attached hydrogens (tertiary/aromatic N) is 1. The van der Waals surface area contributed by atoms with Gasteiger partial charge >= 0.3 is 12.1 Å². The molecule has 8 heteroatoms. The Kier molecular flexibility index (Phi) is 8.15. The first-order chi connectivity index (χ1) is 16.1. The Morgan fingerprint density at radius 3 is 2.03 bits per heavy atom. The summed E-state index contributed by atoms with van der Waals surface area (Å²) >= 11 is 0. The van der Waals surface area contributed by atoms with E-state index >= 15 is 0 Å². The third kappa shape index (κ3) is 7.50. The number of likely N-dealkylation sites (tertiary alicyclic amines) is 1. The molecule has 8 nitrogen and oxygen atoms in total. The summed E-state index contributed by atoms with van der Waals surface area (Å²) < 4.78 is 5.41. The molecule has 0 saturated carbocycles. The molecule has 182 valence electrons. The van der Waals surface area contributed by atoms with Crippen LogP contribution in [0.25, 0.3) is 0 Å². The highest BCUT2D eigenvalue weighted by Gasteiger charge is 2.30. The van der Waals surface area contributed by atoms with Gasteiger partial charge in [0.2, 0.25) is 5.91 Å². The van der Waals surface area contributed by atoms with Gasteiger partial charge in [-0.3, -0.25) is 4.79 Å². The fourth-order valence-corrected chi connectivity index (χ4v) is 3.74. The van der Waals surface area contributed by atoms with Gasteiger partial charge in [-0.25, -0.2) is 9.59 Å². The van der Waals surface area contributed by atoms with Crippen molar-refractivity contribution in [3.8, 4) is 0 Å². The van der Waals surface area contributed by atoms with E-state index in [0.29, 0.717) is 37.3 Å². The fraction of sp³-hybridized carbons (Fsp3) is 0.423. The Bertz CT molecular complexity index is 978. The number of carbonyl (C=O) groups is 3. The number of hydrogen-bond acceptors (Lipinski definition) is 4. The van der Waals surface area contributed by atoms with Gasteiger partial charge in [-0.05, 0) is 70.4 Å². The van der Waals surface area contributed by atoms with Crippen LogP contribution >= 0.6 is 0 Å². The number of ether oxygens (including phenoxy) is 1. The summed E-state index contributed by atoms with van der Waals surface area (Å²) in [7, 11) is 0. The van der Waals surface area contributed by atoms with Gasteiger partial charge in [0.15, 0.2) is 0 Å². The highest BCUT2D eigenvalue weighted by Crippen LogP contribution is 2.22. The van der Waals surface area contributed by atoms with E-state index in [1.54, 1.807) is 4.90 Å². The van der Waals surface area contributed by atoms with Gasteiger partial charge in [-0.1, -0.05) is 30.3 Å². The second kappa shape index (κ2) is 11.0.